The van der Waals surface area contributed by atoms with Gasteiger partial charge in [0.25, 0.3) is 5.56 Å². The van der Waals surface area contributed by atoms with Gasteiger partial charge in [0, 0.05) is 17.5 Å². The molecular formula is C19H25BN4O2. The maximum absolute atomic E-state index is 12.4. The Morgan fingerprint density at radius 3 is 2.88 bits per heavy atom. The standard InChI is InChI=1S/C19H25BN4O2/c1-19(2,11-24-7-3-4-8-24)21-10-15-22-16-13-9-12(20)5-6-14(13)26-17(16)18(25)23-15/h5-6,9,21H,3-4,7-8,10-11,20H2,1-2H3,(H,22,23,25). The van der Waals surface area contributed by atoms with E-state index >= 15 is 0 Å². The van der Waals surface area contributed by atoms with E-state index in [1.54, 1.807) is 0 Å². The van der Waals surface area contributed by atoms with E-state index in [-0.39, 0.29) is 11.1 Å². The van der Waals surface area contributed by atoms with Crippen LogP contribution >= 0.6 is 0 Å². The van der Waals surface area contributed by atoms with Crippen molar-refractivity contribution in [1.29, 1.82) is 0 Å². The lowest BCUT2D eigenvalue weighted by Gasteiger charge is -2.31. The van der Waals surface area contributed by atoms with Crippen LogP contribution in [0.1, 0.15) is 32.5 Å². The molecule has 1 aliphatic heterocycles. The van der Waals surface area contributed by atoms with Crippen LogP contribution in [0.3, 0.4) is 0 Å². The summed E-state index contributed by atoms with van der Waals surface area (Å²) in [6.45, 7) is 8.24. The molecule has 0 unspecified atom stereocenters. The molecule has 0 atom stereocenters. The van der Waals surface area contributed by atoms with Crippen LogP contribution in [0.5, 0.6) is 0 Å². The first-order chi connectivity index (χ1) is 12.4. The van der Waals surface area contributed by atoms with E-state index in [1.165, 1.54) is 25.9 Å². The molecule has 0 bridgehead atoms. The molecule has 4 rings (SSSR count). The largest absolute Gasteiger partial charge is 0.449 e. The van der Waals surface area contributed by atoms with Gasteiger partial charge in [-0.05, 0) is 45.8 Å². The number of furan rings is 1. The average molecular weight is 352 g/mol. The second kappa shape index (κ2) is 6.56. The fraction of sp³-hybridized carbons (Fsp3) is 0.474. The Bertz CT molecular complexity index is 1000. The molecule has 3 heterocycles. The molecule has 2 N–H and O–H groups in total. The highest BCUT2D eigenvalue weighted by Gasteiger charge is 2.23. The van der Waals surface area contributed by atoms with Crippen molar-refractivity contribution in [3.8, 4) is 0 Å². The number of rotatable bonds is 5. The highest BCUT2D eigenvalue weighted by molar-refractivity contribution is 6.33. The summed E-state index contributed by atoms with van der Waals surface area (Å²) in [6.07, 6.45) is 2.57. The minimum Gasteiger partial charge on any atom is -0.449 e. The number of likely N-dealkylation sites (tertiary alicyclic amines) is 1. The van der Waals surface area contributed by atoms with Gasteiger partial charge in [0.2, 0.25) is 5.58 Å². The molecule has 6 nitrogen and oxygen atoms in total. The highest BCUT2D eigenvalue weighted by atomic mass is 16.3. The van der Waals surface area contributed by atoms with Crippen molar-refractivity contribution in [2.75, 3.05) is 19.6 Å². The third-order valence-corrected chi connectivity index (χ3v) is 5.08. The first-order valence-electron chi connectivity index (χ1n) is 9.31. The fourth-order valence-corrected chi connectivity index (χ4v) is 3.78. The maximum atomic E-state index is 12.4. The second-order valence-electron chi connectivity index (χ2n) is 8.01. The lowest BCUT2D eigenvalue weighted by Crippen LogP contribution is -2.48. The summed E-state index contributed by atoms with van der Waals surface area (Å²) in [4.78, 5) is 22.4. The number of nitrogens with one attached hydrogen (secondary N) is 2. The molecule has 1 fully saturated rings. The number of H-pyrrole nitrogens is 1. The van der Waals surface area contributed by atoms with Gasteiger partial charge in [-0.3, -0.25) is 4.79 Å². The summed E-state index contributed by atoms with van der Waals surface area (Å²) in [5, 5.41) is 4.43. The molecule has 1 aromatic carbocycles. The van der Waals surface area contributed by atoms with E-state index in [2.05, 4.69) is 34.0 Å². The van der Waals surface area contributed by atoms with Crippen LogP contribution in [-0.4, -0.2) is 47.9 Å². The normalized spacial score (nSPS) is 16.1. The van der Waals surface area contributed by atoms with Crippen LogP contribution < -0.4 is 16.3 Å². The number of hydrogen-bond donors (Lipinski definition) is 2. The van der Waals surface area contributed by atoms with Crippen LogP contribution in [0.25, 0.3) is 22.1 Å². The van der Waals surface area contributed by atoms with Gasteiger partial charge in [-0.1, -0.05) is 17.6 Å². The van der Waals surface area contributed by atoms with Crippen LogP contribution in [0.4, 0.5) is 0 Å². The molecule has 1 saturated heterocycles. The van der Waals surface area contributed by atoms with Crippen LogP contribution in [0, 0.1) is 0 Å². The highest BCUT2D eigenvalue weighted by Crippen LogP contribution is 2.23. The van der Waals surface area contributed by atoms with Crippen molar-refractivity contribution < 1.29 is 4.42 Å². The first kappa shape index (κ1) is 17.3. The van der Waals surface area contributed by atoms with Gasteiger partial charge in [-0.25, -0.2) is 4.98 Å². The molecule has 3 aromatic rings. The zero-order chi connectivity index (χ0) is 18.3. The van der Waals surface area contributed by atoms with E-state index in [1.807, 2.05) is 26.0 Å². The molecule has 26 heavy (non-hydrogen) atoms. The maximum Gasteiger partial charge on any atom is 0.294 e. The van der Waals surface area contributed by atoms with Gasteiger partial charge < -0.3 is 19.6 Å². The molecule has 136 valence electrons. The molecule has 0 amide bonds. The number of aromatic amines is 1. The first-order valence-corrected chi connectivity index (χ1v) is 9.31. The Morgan fingerprint density at radius 1 is 1.35 bits per heavy atom. The summed E-state index contributed by atoms with van der Waals surface area (Å²) in [6, 6.07) is 5.88. The minimum absolute atomic E-state index is 0.0487. The number of nitrogens with zero attached hydrogens (tertiary/aromatic N) is 2. The lowest BCUT2D eigenvalue weighted by atomic mass is 9.95. The summed E-state index contributed by atoms with van der Waals surface area (Å²) in [7, 11) is 2.02. The lowest BCUT2D eigenvalue weighted by molar-refractivity contribution is 0.233. The van der Waals surface area contributed by atoms with Crippen molar-refractivity contribution in [3.05, 3.63) is 34.4 Å². The minimum atomic E-state index is -0.224. The third kappa shape index (κ3) is 3.41. The Labute approximate surface area is 153 Å². The smallest absolute Gasteiger partial charge is 0.294 e. The van der Waals surface area contributed by atoms with Gasteiger partial charge in [0.05, 0.1) is 6.54 Å². The van der Waals surface area contributed by atoms with Gasteiger partial charge >= 0.3 is 0 Å². The number of aromatic nitrogens is 2. The van der Waals surface area contributed by atoms with E-state index in [9.17, 15) is 4.79 Å². The topological polar surface area (TPSA) is 74.2 Å². The molecule has 1 aliphatic rings. The quantitative estimate of drug-likeness (QED) is 0.668. The molecule has 0 aliphatic carbocycles. The van der Waals surface area contributed by atoms with Gasteiger partial charge in [-0.15, -0.1) is 0 Å². The van der Waals surface area contributed by atoms with Crippen LogP contribution in [0.2, 0.25) is 0 Å². The molecular weight excluding hydrogens is 327 g/mol. The van der Waals surface area contributed by atoms with E-state index in [0.717, 1.165) is 17.4 Å². The summed E-state index contributed by atoms with van der Waals surface area (Å²) in [5.74, 6) is 0.640. The fourth-order valence-electron chi connectivity index (χ4n) is 3.78. The van der Waals surface area contributed by atoms with Gasteiger partial charge in [0.15, 0.2) is 0 Å². The van der Waals surface area contributed by atoms with Crippen LogP contribution in [0.15, 0.2) is 27.4 Å². The second-order valence-corrected chi connectivity index (χ2v) is 8.01. The number of hydrogen-bond acceptors (Lipinski definition) is 5. The summed E-state index contributed by atoms with van der Waals surface area (Å²) in [5.41, 5.74) is 2.48. The Balaban J connectivity index is 1.59. The Hall–Kier alpha value is -2.12. The predicted octanol–water partition coefficient (Wildman–Crippen LogP) is 0.892. The molecule has 0 spiro atoms. The van der Waals surface area contributed by atoms with Crippen molar-refractivity contribution in [2.24, 2.45) is 0 Å². The van der Waals surface area contributed by atoms with Crippen molar-refractivity contribution in [1.82, 2.24) is 20.2 Å². The number of fused-ring (bicyclic) bond motifs is 3. The van der Waals surface area contributed by atoms with E-state index in [0.29, 0.717) is 29.1 Å². The van der Waals surface area contributed by atoms with Crippen molar-refractivity contribution in [3.63, 3.8) is 0 Å². The van der Waals surface area contributed by atoms with E-state index < -0.39 is 0 Å². The van der Waals surface area contributed by atoms with Gasteiger partial charge in [-0.2, -0.15) is 0 Å². The third-order valence-electron chi connectivity index (χ3n) is 5.08. The zero-order valence-electron chi connectivity index (χ0n) is 15.7. The van der Waals surface area contributed by atoms with Crippen molar-refractivity contribution in [2.45, 2.75) is 38.8 Å². The Kier molecular flexibility index (Phi) is 4.36. The molecule has 0 saturated carbocycles. The summed E-state index contributed by atoms with van der Waals surface area (Å²) < 4.78 is 5.69. The predicted molar refractivity (Wildman–Crippen MR) is 107 cm³/mol. The molecule has 2 aromatic heterocycles. The molecule has 0 radical (unpaired) electrons. The van der Waals surface area contributed by atoms with Gasteiger partial charge in [0.1, 0.15) is 24.8 Å². The van der Waals surface area contributed by atoms with E-state index in [4.69, 9.17) is 4.42 Å². The summed E-state index contributed by atoms with van der Waals surface area (Å²) >= 11 is 0. The van der Waals surface area contributed by atoms with Crippen molar-refractivity contribution >= 4 is 35.4 Å². The monoisotopic (exact) mass is 352 g/mol. The van der Waals surface area contributed by atoms with Crippen LogP contribution in [-0.2, 0) is 6.54 Å². The molecule has 7 heteroatoms. The SMILES string of the molecule is Bc1ccc2oc3c(=O)[nH]c(CNC(C)(C)CN4CCCC4)nc3c2c1. The zero-order valence-corrected chi connectivity index (χ0v) is 15.7. The Morgan fingerprint density at radius 2 is 2.12 bits per heavy atom. The average Bonchev–Trinajstić information content (AvgIpc) is 3.21. The number of benzene rings is 1.